The van der Waals surface area contributed by atoms with Gasteiger partial charge >= 0.3 is 11.9 Å². The van der Waals surface area contributed by atoms with Crippen molar-refractivity contribution < 1.29 is 24.2 Å². The number of hydrogen-bond donors (Lipinski definition) is 1. The van der Waals surface area contributed by atoms with E-state index in [1.165, 1.54) is 180 Å². The highest BCUT2D eigenvalue weighted by Gasteiger charge is 2.20. The van der Waals surface area contributed by atoms with E-state index < -0.39 is 0 Å². The van der Waals surface area contributed by atoms with Gasteiger partial charge in [-0.1, -0.05) is 181 Å². The fourth-order valence-corrected chi connectivity index (χ4v) is 9.33. The highest BCUT2D eigenvalue weighted by molar-refractivity contribution is 5.69. The van der Waals surface area contributed by atoms with Crippen LogP contribution in [0.4, 0.5) is 0 Å². The Labute approximate surface area is 374 Å². The van der Waals surface area contributed by atoms with Crippen LogP contribution in [0.3, 0.4) is 0 Å². The van der Waals surface area contributed by atoms with Gasteiger partial charge in [0, 0.05) is 38.5 Å². The Morgan fingerprint density at radius 1 is 0.483 bits per heavy atom. The van der Waals surface area contributed by atoms with Crippen molar-refractivity contribution in [1.82, 2.24) is 9.80 Å². The van der Waals surface area contributed by atoms with Crippen molar-refractivity contribution in [2.45, 2.75) is 271 Å². The van der Waals surface area contributed by atoms with Gasteiger partial charge in [0.25, 0.3) is 0 Å². The van der Waals surface area contributed by atoms with Gasteiger partial charge < -0.3 is 14.6 Å². The van der Waals surface area contributed by atoms with Crippen LogP contribution in [-0.4, -0.2) is 85.4 Å². The first-order valence-electron chi connectivity index (χ1n) is 26.9. The monoisotopic (exact) mass is 849 g/mol. The summed E-state index contributed by atoms with van der Waals surface area (Å²) in [6, 6.07) is 0.654. The molecule has 0 heterocycles. The molecule has 0 radical (unpaired) electrons. The first kappa shape index (κ1) is 56.8. The van der Waals surface area contributed by atoms with Gasteiger partial charge in [-0.25, -0.2) is 0 Å². The number of esters is 2. The van der Waals surface area contributed by atoms with E-state index in [0.29, 0.717) is 38.0 Å². The highest BCUT2D eigenvalue weighted by atomic mass is 16.5. The van der Waals surface area contributed by atoms with Crippen LogP contribution in [0, 0.1) is 5.92 Å². The lowest BCUT2D eigenvalue weighted by atomic mass is 9.91. The van der Waals surface area contributed by atoms with Crippen molar-refractivity contribution in [1.29, 1.82) is 0 Å². The Kier molecular flexibility index (Phi) is 42.1. The maximum absolute atomic E-state index is 12.9. The number of ether oxygens (including phenoxy) is 2. The van der Waals surface area contributed by atoms with E-state index in [0.717, 1.165) is 84.1 Å². The lowest BCUT2D eigenvalue weighted by molar-refractivity contribution is -0.145. The number of aliphatic hydroxyl groups is 1. The summed E-state index contributed by atoms with van der Waals surface area (Å²) in [5.74, 6) is 0.478. The third-order valence-corrected chi connectivity index (χ3v) is 13.3. The zero-order chi connectivity index (χ0) is 43.4. The summed E-state index contributed by atoms with van der Waals surface area (Å²) >= 11 is 0. The Bertz CT molecular complexity index is 894. The van der Waals surface area contributed by atoms with Gasteiger partial charge in [-0.15, -0.1) is 0 Å². The number of unbranched alkanes of at least 4 members (excludes halogenated alkanes) is 22. The van der Waals surface area contributed by atoms with E-state index in [1.807, 2.05) is 0 Å². The van der Waals surface area contributed by atoms with E-state index in [1.54, 1.807) is 0 Å². The number of nitrogens with zero attached hydrogens (tertiary/aromatic N) is 2. The molecule has 0 amide bonds. The summed E-state index contributed by atoms with van der Waals surface area (Å²) in [5, 5.41) is 9.93. The normalized spacial score (nSPS) is 14.0. The van der Waals surface area contributed by atoms with Crippen LogP contribution >= 0.6 is 0 Å². The topological polar surface area (TPSA) is 79.3 Å². The van der Waals surface area contributed by atoms with E-state index >= 15 is 0 Å². The smallest absolute Gasteiger partial charge is 0.306 e. The molecular weight excluding hydrogens is 745 g/mol. The van der Waals surface area contributed by atoms with E-state index in [9.17, 15) is 14.7 Å². The molecule has 1 saturated carbocycles. The number of rotatable bonds is 44. The third kappa shape index (κ3) is 36.3. The Hall–Kier alpha value is -1.18. The molecule has 356 valence electrons. The average Bonchev–Trinajstić information content (AvgIpc) is 3.23. The molecule has 0 atom stereocenters. The molecule has 0 unspecified atom stereocenters. The fourth-order valence-electron chi connectivity index (χ4n) is 9.33. The molecule has 0 bridgehead atoms. The fraction of sp³-hybridized carbons (Fsp3) is 0.962. The molecule has 1 fully saturated rings. The number of hydrogen-bond acceptors (Lipinski definition) is 7. The summed E-state index contributed by atoms with van der Waals surface area (Å²) in [4.78, 5) is 30.4. The van der Waals surface area contributed by atoms with Gasteiger partial charge in [-0.3, -0.25) is 19.4 Å². The van der Waals surface area contributed by atoms with Crippen molar-refractivity contribution in [2.24, 2.45) is 5.92 Å². The largest absolute Gasteiger partial charge is 0.466 e. The first-order chi connectivity index (χ1) is 29.5. The standard InChI is InChI=1S/C53H104N2O5/c1-4-7-10-13-16-17-18-24-31-40-52(57)59-47-35-26-33-42-55(51-38-29-22-19-23-30-39-51)44-43-54(45-46-56)41-32-25-34-48-60-53(58)49-50(36-27-20-14-11-8-5-2)37-28-21-15-12-9-6-3/h50-51,56H,4-49H2,1-3H3. The number of carbonyl (C=O) groups excluding carboxylic acids is 2. The van der Waals surface area contributed by atoms with Gasteiger partial charge in [-0.2, -0.15) is 0 Å². The predicted octanol–water partition coefficient (Wildman–Crippen LogP) is 14.6. The highest BCUT2D eigenvalue weighted by Crippen LogP contribution is 2.24. The molecule has 1 aliphatic rings. The third-order valence-electron chi connectivity index (χ3n) is 13.3. The van der Waals surface area contributed by atoms with E-state index in [4.69, 9.17) is 9.47 Å². The molecular formula is C53H104N2O5. The molecule has 1 N–H and O–H groups in total. The molecule has 0 aromatic carbocycles. The summed E-state index contributed by atoms with van der Waals surface area (Å²) in [7, 11) is 0. The van der Waals surface area contributed by atoms with Gasteiger partial charge in [0.05, 0.1) is 19.8 Å². The molecule has 0 aromatic heterocycles. The van der Waals surface area contributed by atoms with E-state index in [2.05, 4.69) is 30.6 Å². The zero-order valence-electron chi connectivity index (χ0n) is 40.7. The van der Waals surface area contributed by atoms with Gasteiger partial charge in [0.1, 0.15) is 0 Å². The molecule has 7 heteroatoms. The average molecular weight is 849 g/mol. The maximum atomic E-state index is 12.9. The maximum Gasteiger partial charge on any atom is 0.306 e. The van der Waals surface area contributed by atoms with Crippen molar-refractivity contribution in [3.8, 4) is 0 Å². The van der Waals surface area contributed by atoms with Crippen LogP contribution in [0.25, 0.3) is 0 Å². The van der Waals surface area contributed by atoms with E-state index in [-0.39, 0.29) is 18.5 Å². The van der Waals surface area contributed by atoms with Crippen molar-refractivity contribution >= 4 is 11.9 Å². The molecule has 7 nitrogen and oxygen atoms in total. The molecule has 1 rings (SSSR count). The zero-order valence-corrected chi connectivity index (χ0v) is 40.7. The Balaban J connectivity index is 2.40. The summed E-state index contributed by atoms with van der Waals surface area (Å²) in [6.45, 7) is 12.9. The van der Waals surface area contributed by atoms with Crippen LogP contribution in [-0.2, 0) is 19.1 Å². The predicted molar refractivity (Wildman–Crippen MR) is 257 cm³/mol. The minimum absolute atomic E-state index is 0.0125. The quantitative estimate of drug-likeness (QED) is 0.0483. The van der Waals surface area contributed by atoms with Crippen LogP contribution in [0.1, 0.15) is 265 Å². The number of aliphatic hydroxyl groups excluding tert-OH is 1. The SMILES string of the molecule is CCCCCCCCCCCC(=O)OCCCCCN(CCN(CCO)CCCCCOC(=O)CC(CCCCCCCC)CCCCCCCC)C1CCCCCCC1. The summed E-state index contributed by atoms with van der Waals surface area (Å²) in [5.41, 5.74) is 0. The van der Waals surface area contributed by atoms with Crippen LogP contribution in [0.5, 0.6) is 0 Å². The van der Waals surface area contributed by atoms with Crippen LogP contribution in [0.2, 0.25) is 0 Å². The lowest BCUT2D eigenvalue weighted by Crippen LogP contribution is -2.43. The second kappa shape index (κ2) is 44.4. The van der Waals surface area contributed by atoms with Crippen LogP contribution in [0.15, 0.2) is 0 Å². The molecule has 0 aliphatic heterocycles. The summed E-state index contributed by atoms with van der Waals surface area (Å²) in [6.07, 6.45) is 46.2. The van der Waals surface area contributed by atoms with Crippen molar-refractivity contribution in [2.75, 3.05) is 52.5 Å². The van der Waals surface area contributed by atoms with Gasteiger partial charge in [0.2, 0.25) is 0 Å². The van der Waals surface area contributed by atoms with Crippen LogP contribution < -0.4 is 0 Å². The first-order valence-corrected chi connectivity index (χ1v) is 26.9. The Morgan fingerprint density at radius 3 is 1.47 bits per heavy atom. The molecule has 1 aliphatic carbocycles. The lowest BCUT2D eigenvalue weighted by Gasteiger charge is -2.35. The second-order valence-corrected chi connectivity index (χ2v) is 18.9. The van der Waals surface area contributed by atoms with Crippen molar-refractivity contribution in [3.05, 3.63) is 0 Å². The molecule has 0 aromatic rings. The molecule has 0 spiro atoms. The molecule has 60 heavy (non-hydrogen) atoms. The van der Waals surface area contributed by atoms with Crippen molar-refractivity contribution in [3.63, 3.8) is 0 Å². The van der Waals surface area contributed by atoms with Gasteiger partial charge in [-0.05, 0) is 89.6 Å². The minimum atomic E-state index is -0.0135. The Morgan fingerprint density at radius 2 is 0.933 bits per heavy atom. The summed E-state index contributed by atoms with van der Waals surface area (Å²) < 4.78 is 11.4. The number of carbonyl (C=O) groups is 2. The molecule has 0 saturated heterocycles. The minimum Gasteiger partial charge on any atom is -0.466 e. The van der Waals surface area contributed by atoms with Gasteiger partial charge in [0.15, 0.2) is 0 Å². The second-order valence-electron chi connectivity index (χ2n) is 18.9.